The molecule has 0 saturated carbocycles. The minimum atomic E-state index is -3.55. The molecule has 1 unspecified atom stereocenters. The Labute approximate surface area is 193 Å². The number of hydrogen-bond acceptors (Lipinski definition) is 6. The SMILES string of the molecule is Cc1ccc(NS(C)(=O)=O)c(C(=O)N2CCCCC2c2cc3nc(C)c(C)c(C#N)n3n2)c1. The molecule has 172 valence electrons. The number of fused-ring (bicyclic) bond motifs is 1. The number of amides is 1. The first kappa shape index (κ1) is 22.7. The molecule has 1 N–H and O–H groups in total. The Morgan fingerprint density at radius 3 is 2.67 bits per heavy atom. The molecule has 1 amide bonds. The van der Waals surface area contributed by atoms with Crippen molar-refractivity contribution in [2.45, 2.75) is 46.1 Å². The quantitative estimate of drug-likeness (QED) is 0.630. The fraction of sp³-hybridized carbons (Fsp3) is 0.391. The Bertz CT molecular complexity index is 1400. The van der Waals surface area contributed by atoms with Gasteiger partial charge in [0.1, 0.15) is 11.8 Å². The zero-order chi connectivity index (χ0) is 23.9. The van der Waals surface area contributed by atoms with Crippen molar-refractivity contribution in [2.24, 2.45) is 0 Å². The topological polar surface area (TPSA) is 120 Å². The lowest BCUT2D eigenvalue weighted by atomic mass is 9.97. The summed E-state index contributed by atoms with van der Waals surface area (Å²) >= 11 is 0. The number of sulfonamides is 1. The first-order valence-corrected chi connectivity index (χ1v) is 12.6. The molecule has 9 nitrogen and oxygen atoms in total. The molecule has 1 aromatic carbocycles. The minimum absolute atomic E-state index is 0.257. The highest BCUT2D eigenvalue weighted by Crippen LogP contribution is 2.34. The molecule has 0 aliphatic carbocycles. The van der Waals surface area contributed by atoms with E-state index in [0.29, 0.717) is 29.1 Å². The molecule has 0 bridgehead atoms. The molecule has 10 heteroatoms. The van der Waals surface area contributed by atoms with Crippen LogP contribution in [0, 0.1) is 32.1 Å². The van der Waals surface area contributed by atoms with Crippen molar-refractivity contribution >= 4 is 27.3 Å². The summed E-state index contributed by atoms with van der Waals surface area (Å²) in [5.74, 6) is -0.257. The number of carbonyl (C=O) groups is 1. The first-order chi connectivity index (χ1) is 15.6. The summed E-state index contributed by atoms with van der Waals surface area (Å²) in [5, 5.41) is 14.3. The van der Waals surface area contributed by atoms with Crippen molar-refractivity contribution < 1.29 is 13.2 Å². The standard InChI is InChI=1S/C23H26N6O3S/c1-14-8-9-18(27-33(4,31)32)17(11-14)23(30)28-10-6-5-7-20(28)19-12-22-25-16(3)15(2)21(13-24)29(22)26-19/h8-9,11-12,20,27H,5-7,10H2,1-4H3. The number of aryl methyl sites for hydroxylation is 2. The molecule has 1 atom stereocenters. The highest BCUT2D eigenvalue weighted by atomic mass is 32.2. The van der Waals surface area contributed by atoms with E-state index in [1.807, 2.05) is 26.8 Å². The summed E-state index contributed by atoms with van der Waals surface area (Å²) in [4.78, 5) is 20.0. The molecule has 33 heavy (non-hydrogen) atoms. The summed E-state index contributed by atoms with van der Waals surface area (Å²) in [7, 11) is -3.55. The van der Waals surface area contributed by atoms with Crippen molar-refractivity contribution in [3.05, 3.63) is 58.0 Å². The van der Waals surface area contributed by atoms with Gasteiger partial charge in [0.2, 0.25) is 10.0 Å². The normalized spacial score (nSPS) is 16.6. The third-order valence-corrected chi connectivity index (χ3v) is 6.60. The molecule has 1 saturated heterocycles. The number of nitrogens with zero attached hydrogens (tertiary/aromatic N) is 5. The Morgan fingerprint density at radius 1 is 1.21 bits per heavy atom. The van der Waals surface area contributed by atoms with Crippen molar-refractivity contribution in [3.8, 4) is 6.07 Å². The van der Waals surface area contributed by atoms with Crippen molar-refractivity contribution in [3.63, 3.8) is 0 Å². The smallest absolute Gasteiger partial charge is 0.256 e. The Balaban J connectivity index is 1.77. The van der Waals surface area contributed by atoms with Crippen LogP contribution in [0.1, 0.15) is 63.9 Å². The second-order valence-corrected chi connectivity index (χ2v) is 10.3. The van der Waals surface area contributed by atoms with Crippen LogP contribution in [-0.4, -0.2) is 46.6 Å². The molecule has 1 fully saturated rings. The summed E-state index contributed by atoms with van der Waals surface area (Å²) in [6.45, 7) is 6.08. The Hall–Kier alpha value is -3.45. The monoisotopic (exact) mass is 466 g/mol. The van der Waals surface area contributed by atoms with E-state index < -0.39 is 10.0 Å². The molecule has 1 aliphatic heterocycles. The predicted octanol–water partition coefficient (Wildman–Crippen LogP) is 3.27. The highest BCUT2D eigenvalue weighted by Gasteiger charge is 2.32. The van der Waals surface area contributed by atoms with E-state index in [-0.39, 0.29) is 17.6 Å². The van der Waals surface area contributed by atoms with Gasteiger partial charge in [0.15, 0.2) is 5.65 Å². The van der Waals surface area contributed by atoms with Crippen molar-refractivity contribution in [2.75, 3.05) is 17.5 Å². The second kappa shape index (κ2) is 8.48. The number of rotatable bonds is 4. The van der Waals surface area contributed by atoms with E-state index >= 15 is 0 Å². The van der Waals surface area contributed by atoms with Gasteiger partial charge in [-0.2, -0.15) is 10.4 Å². The molecule has 3 heterocycles. The van der Waals surface area contributed by atoms with Gasteiger partial charge in [-0.05, 0) is 52.2 Å². The average molecular weight is 467 g/mol. The molecule has 4 rings (SSSR count). The van der Waals surface area contributed by atoms with Gasteiger partial charge in [-0.15, -0.1) is 0 Å². The van der Waals surface area contributed by atoms with E-state index in [9.17, 15) is 18.5 Å². The van der Waals surface area contributed by atoms with Gasteiger partial charge in [-0.3, -0.25) is 9.52 Å². The maximum atomic E-state index is 13.7. The van der Waals surface area contributed by atoms with E-state index in [1.54, 1.807) is 23.1 Å². The summed E-state index contributed by atoms with van der Waals surface area (Å²) < 4.78 is 27.7. The third kappa shape index (κ3) is 4.41. The first-order valence-electron chi connectivity index (χ1n) is 10.8. The molecule has 2 aromatic heterocycles. The van der Waals surface area contributed by atoms with Crippen LogP contribution in [0.5, 0.6) is 0 Å². The molecule has 1 aliphatic rings. The van der Waals surface area contributed by atoms with Gasteiger partial charge in [0.05, 0.1) is 29.2 Å². The zero-order valence-electron chi connectivity index (χ0n) is 19.1. The Morgan fingerprint density at radius 2 is 1.97 bits per heavy atom. The number of carbonyl (C=O) groups excluding carboxylic acids is 1. The van der Waals surface area contributed by atoms with Crippen LogP contribution in [0.2, 0.25) is 0 Å². The third-order valence-electron chi connectivity index (χ3n) is 6.01. The summed E-state index contributed by atoms with van der Waals surface area (Å²) in [6.07, 6.45) is 3.55. The summed E-state index contributed by atoms with van der Waals surface area (Å²) in [5.41, 5.74) is 4.61. The van der Waals surface area contributed by atoms with Gasteiger partial charge >= 0.3 is 0 Å². The number of piperidine rings is 1. The number of likely N-dealkylation sites (tertiary alicyclic amines) is 1. The number of anilines is 1. The molecular weight excluding hydrogens is 440 g/mol. The fourth-order valence-electron chi connectivity index (χ4n) is 4.27. The van der Waals surface area contributed by atoms with Crippen molar-refractivity contribution in [1.29, 1.82) is 5.26 Å². The maximum Gasteiger partial charge on any atom is 0.256 e. The number of nitrogens with one attached hydrogen (secondary N) is 1. The maximum absolute atomic E-state index is 13.7. The van der Waals surface area contributed by atoms with Crippen molar-refractivity contribution in [1.82, 2.24) is 19.5 Å². The van der Waals surface area contributed by atoms with E-state index in [0.717, 1.165) is 42.3 Å². The highest BCUT2D eigenvalue weighted by molar-refractivity contribution is 7.92. The van der Waals surface area contributed by atoms with E-state index in [2.05, 4.69) is 20.9 Å². The number of benzene rings is 1. The van der Waals surface area contributed by atoms with Gasteiger partial charge in [-0.25, -0.2) is 17.9 Å². The lowest BCUT2D eigenvalue weighted by Crippen LogP contribution is -2.39. The van der Waals surface area contributed by atoms with Gasteiger partial charge in [0.25, 0.3) is 5.91 Å². The van der Waals surface area contributed by atoms with Crippen LogP contribution in [0.4, 0.5) is 5.69 Å². The van der Waals surface area contributed by atoms with E-state index in [4.69, 9.17) is 0 Å². The van der Waals surface area contributed by atoms with Crippen LogP contribution in [0.3, 0.4) is 0 Å². The number of nitriles is 1. The lowest BCUT2D eigenvalue weighted by molar-refractivity contribution is 0.0606. The molecular formula is C23H26N6O3S. The van der Waals surface area contributed by atoms with Gasteiger partial charge < -0.3 is 4.90 Å². The minimum Gasteiger partial charge on any atom is -0.330 e. The largest absolute Gasteiger partial charge is 0.330 e. The molecule has 0 spiro atoms. The zero-order valence-corrected chi connectivity index (χ0v) is 19.9. The van der Waals surface area contributed by atoms with Crippen LogP contribution in [0.25, 0.3) is 5.65 Å². The number of hydrogen-bond donors (Lipinski definition) is 1. The van der Waals surface area contributed by atoms with Crippen LogP contribution >= 0.6 is 0 Å². The fourth-order valence-corrected chi connectivity index (χ4v) is 4.85. The van der Waals surface area contributed by atoms with Crippen LogP contribution < -0.4 is 4.72 Å². The predicted molar refractivity (Wildman–Crippen MR) is 124 cm³/mol. The average Bonchev–Trinajstić information content (AvgIpc) is 3.17. The Kier molecular flexibility index (Phi) is 5.84. The lowest BCUT2D eigenvalue weighted by Gasteiger charge is -2.35. The molecule has 0 radical (unpaired) electrons. The van der Waals surface area contributed by atoms with Gasteiger partial charge in [0, 0.05) is 23.9 Å². The van der Waals surface area contributed by atoms with Gasteiger partial charge in [-0.1, -0.05) is 11.6 Å². The van der Waals surface area contributed by atoms with Crippen LogP contribution in [0.15, 0.2) is 24.3 Å². The molecule has 3 aromatic rings. The number of aromatic nitrogens is 3. The second-order valence-electron chi connectivity index (χ2n) is 8.56. The van der Waals surface area contributed by atoms with E-state index in [1.165, 1.54) is 4.52 Å². The summed E-state index contributed by atoms with van der Waals surface area (Å²) in [6, 6.07) is 8.81. The van der Waals surface area contributed by atoms with Crippen LogP contribution in [-0.2, 0) is 10.0 Å².